The fraction of sp³-hybridized carbons (Fsp3) is 0.500. The molecular weight excluding hydrogens is 264 g/mol. The van der Waals surface area contributed by atoms with Crippen molar-refractivity contribution in [2.24, 2.45) is 0 Å². The SMILES string of the molecule is CCCCCCCc1ccccc1C(=O)Br. The predicted octanol–water partition coefficient (Wildman–Crippen LogP) is 4.73. The Morgan fingerprint density at radius 2 is 1.81 bits per heavy atom. The number of carbonyl (C=O) groups excluding carboxylic acids is 1. The first-order valence-corrected chi connectivity index (χ1v) is 6.82. The average molecular weight is 283 g/mol. The second kappa shape index (κ2) is 7.61. The van der Waals surface area contributed by atoms with Crippen molar-refractivity contribution in [1.82, 2.24) is 0 Å². The van der Waals surface area contributed by atoms with E-state index in [1.165, 1.54) is 37.7 Å². The molecule has 0 unspecified atom stereocenters. The lowest BCUT2D eigenvalue weighted by Crippen LogP contribution is -1.97. The van der Waals surface area contributed by atoms with Gasteiger partial charge in [-0.1, -0.05) is 56.9 Å². The molecule has 0 aromatic heterocycles. The van der Waals surface area contributed by atoms with Crippen molar-refractivity contribution in [3.05, 3.63) is 35.4 Å². The van der Waals surface area contributed by atoms with Gasteiger partial charge in [0.2, 0.25) is 4.69 Å². The lowest BCUT2D eigenvalue weighted by molar-refractivity contribution is 0.109. The van der Waals surface area contributed by atoms with Crippen molar-refractivity contribution in [3.63, 3.8) is 0 Å². The van der Waals surface area contributed by atoms with Crippen LogP contribution in [0, 0.1) is 0 Å². The van der Waals surface area contributed by atoms with Crippen molar-refractivity contribution < 1.29 is 4.79 Å². The number of carbonyl (C=O) groups is 1. The molecule has 0 bridgehead atoms. The molecule has 0 saturated heterocycles. The van der Waals surface area contributed by atoms with Crippen molar-refractivity contribution in [2.45, 2.75) is 45.4 Å². The fourth-order valence-electron chi connectivity index (χ4n) is 1.85. The van der Waals surface area contributed by atoms with Gasteiger partial charge in [0, 0.05) is 5.56 Å². The van der Waals surface area contributed by atoms with Gasteiger partial charge in [-0.2, -0.15) is 0 Å². The van der Waals surface area contributed by atoms with E-state index in [-0.39, 0.29) is 4.69 Å². The van der Waals surface area contributed by atoms with E-state index >= 15 is 0 Å². The zero-order valence-corrected chi connectivity index (χ0v) is 11.4. The molecule has 88 valence electrons. The van der Waals surface area contributed by atoms with Crippen LogP contribution in [0.25, 0.3) is 0 Å². The van der Waals surface area contributed by atoms with Crippen LogP contribution in [0.4, 0.5) is 0 Å². The van der Waals surface area contributed by atoms with E-state index in [0.29, 0.717) is 0 Å². The summed E-state index contributed by atoms with van der Waals surface area (Å²) in [5.74, 6) is 0. The van der Waals surface area contributed by atoms with Gasteiger partial charge in [0.1, 0.15) is 0 Å². The standard InChI is InChI=1S/C14H19BrO/c1-2-3-4-5-6-9-12-10-7-8-11-13(12)14(15)16/h7-8,10-11H,2-6,9H2,1H3. The highest BCUT2D eigenvalue weighted by Crippen LogP contribution is 2.16. The molecule has 0 saturated carbocycles. The molecule has 1 nitrogen and oxygen atoms in total. The number of rotatable bonds is 7. The third-order valence-electron chi connectivity index (χ3n) is 2.78. The summed E-state index contributed by atoms with van der Waals surface area (Å²) in [6.45, 7) is 2.22. The van der Waals surface area contributed by atoms with Crippen LogP contribution in [-0.2, 0) is 6.42 Å². The van der Waals surface area contributed by atoms with E-state index in [0.717, 1.165) is 12.0 Å². The quantitative estimate of drug-likeness (QED) is 0.522. The summed E-state index contributed by atoms with van der Waals surface area (Å²) in [5, 5.41) is 0. The second-order valence-corrected chi connectivity index (χ2v) is 4.82. The molecule has 0 fully saturated rings. The highest BCUT2D eigenvalue weighted by atomic mass is 79.9. The summed E-state index contributed by atoms with van der Waals surface area (Å²) in [7, 11) is 0. The molecule has 1 aromatic carbocycles. The zero-order chi connectivity index (χ0) is 11.8. The molecule has 0 spiro atoms. The van der Waals surface area contributed by atoms with Crippen LogP contribution in [-0.4, -0.2) is 4.69 Å². The molecule has 0 N–H and O–H groups in total. The molecule has 0 heterocycles. The van der Waals surface area contributed by atoms with Gasteiger partial charge in [-0.25, -0.2) is 0 Å². The lowest BCUT2D eigenvalue weighted by Gasteiger charge is -2.05. The van der Waals surface area contributed by atoms with Crippen LogP contribution in [0.2, 0.25) is 0 Å². The molecule has 0 aliphatic carbocycles. The normalized spacial score (nSPS) is 10.4. The smallest absolute Gasteiger partial charge is 0.228 e. The van der Waals surface area contributed by atoms with Gasteiger partial charge in [-0.3, -0.25) is 4.79 Å². The van der Waals surface area contributed by atoms with Gasteiger partial charge in [0.15, 0.2) is 0 Å². The minimum Gasteiger partial charge on any atom is -0.281 e. The number of halogens is 1. The fourth-order valence-corrected chi connectivity index (χ4v) is 2.24. The molecular formula is C14H19BrO. The maximum absolute atomic E-state index is 11.3. The molecule has 0 atom stereocenters. The topological polar surface area (TPSA) is 17.1 Å². The minimum absolute atomic E-state index is 0.00309. The maximum atomic E-state index is 11.3. The van der Waals surface area contributed by atoms with Crippen LogP contribution in [0.15, 0.2) is 24.3 Å². The summed E-state index contributed by atoms with van der Waals surface area (Å²) in [5.41, 5.74) is 1.99. The highest BCUT2D eigenvalue weighted by molar-refractivity contribution is 9.18. The van der Waals surface area contributed by atoms with E-state index in [4.69, 9.17) is 0 Å². The van der Waals surface area contributed by atoms with E-state index in [1.807, 2.05) is 24.3 Å². The number of unbranched alkanes of at least 4 members (excludes halogenated alkanes) is 4. The Bertz CT molecular complexity index is 333. The Kier molecular flexibility index (Phi) is 6.39. The van der Waals surface area contributed by atoms with Crippen LogP contribution in [0.5, 0.6) is 0 Å². The monoisotopic (exact) mass is 282 g/mol. The minimum atomic E-state index is -0.00309. The Morgan fingerprint density at radius 1 is 1.12 bits per heavy atom. The molecule has 0 aliphatic rings. The zero-order valence-electron chi connectivity index (χ0n) is 9.84. The largest absolute Gasteiger partial charge is 0.281 e. The van der Waals surface area contributed by atoms with Gasteiger partial charge < -0.3 is 0 Å². The number of aryl methyl sites for hydroxylation is 1. The molecule has 0 amide bonds. The molecule has 16 heavy (non-hydrogen) atoms. The van der Waals surface area contributed by atoms with E-state index < -0.39 is 0 Å². The van der Waals surface area contributed by atoms with Crippen LogP contribution < -0.4 is 0 Å². The third kappa shape index (κ3) is 4.48. The van der Waals surface area contributed by atoms with E-state index in [1.54, 1.807) is 0 Å². The maximum Gasteiger partial charge on any atom is 0.228 e. The summed E-state index contributed by atoms with van der Waals surface area (Å²) >= 11 is 3.03. The molecule has 0 aliphatic heterocycles. The molecule has 1 aromatic rings. The van der Waals surface area contributed by atoms with Crippen molar-refractivity contribution in [3.8, 4) is 0 Å². The Balaban J connectivity index is 2.44. The number of hydrogen-bond donors (Lipinski definition) is 0. The van der Waals surface area contributed by atoms with E-state index in [2.05, 4.69) is 22.9 Å². The average Bonchev–Trinajstić information content (AvgIpc) is 2.29. The summed E-state index contributed by atoms with van der Waals surface area (Å²) in [4.78, 5) is 11.3. The first-order chi connectivity index (χ1) is 7.75. The predicted molar refractivity (Wildman–Crippen MR) is 72.2 cm³/mol. The summed E-state index contributed by atoms with van der Waals surface area (Å²) < 4.78 is -0.00309. The Hall–Kier alpha value is -0.630. The number of hydrogen-bond acceptors (Lipinski definition) is 1. The number of benzene rings is 1. The second-order valence-electron chi connectivity index (χ2n) is 4.10. The van der Waals surface area contributed by atoms with Gasteiger partial charge in [-0.05, 0) is 34.3 Å². The summed E-state index contributed by atoms with van der Waals surface area (Å²) in [6.07, 6.45) is 7.35. The van der Waals surface area contributed by atoms with Crippen molar-refractivity contribution in [1.29, 1.82) is 0 Å². The van der Waals surface area contributed by atoms with Gasteiger partial charge in [0.25, 0.3) is 0 Å². The lowest BCUT2D eigenvalue weighted by atomic mass is 10.0. The van der Waals surface area contributed by atoms with Crippen molar-refractivity contribution >= 4 is 20.6 Å². The Morgan fingerprint density at radius 3 is 2.50 bits per heavy atom. The molecule has 1 rings (SSSR count). The molecule has 2 heteroatoms. The van der Waals surface area contributed by atoms with E-state index in [9.17, 15) is 4.79 Å². The van der Waals surface area contributed by atoms with Crippen LogP contribution >= 0.6 is 15.9 Å². The van der Waals surface area contributed by atoms with Crippen LogP contribution in [0.3, 0.4) is 0 Å². The Labute approximate surface area is 106 Å². The summed E-state index contributed by atoms with van der Waals surface area (Å²) in [6, 6.07) is 7.85. The third-order valence-corrected chi connectivity index (χ3v) is 3.21. The van der Waals surface area contributed by atoms with Gasteiger partial charge in [0.05, 0.1) is 0 Å². The van der Waals surface area contributed by atoms with Crippen LogP contribution in [0.1, 0.15) is 54.9 Å². The van der Waals surface area contributed by atoms with Gasteiger partial charge >= 0.3 is 0 Å². The first-order valence-electron chi connectivity index (χ1n) is 6.03. The molecule has 0 radical (unpaired) electrons. The highest BCUT2D eigenvalue weighted by Gasteiger charge is 2.06. The van der Waals surface area contributed by atoms with Crippen molar-refractivity contribution in [2.75, 3.05) is 0 Å². The van der Waals surface area contributed by atoms with Gasteiger partial charge in [-0.15, -0.1) is 0 Å². The first kappa shape index (κ1) is 13.4.